The Morgan fingerprint density at radius 3 is 2.55 bits per heavy atom. The second kappa shape index (κ2) is 6.93. The SMILES string of the molecule is N#Cc1ccc(C(O)CNc2ccc(Cl)cc2I)cc1. The standard InChI is InChI=1S/C15H12ClIN2O/c16-12-5-6-14(13(17)7-12)19-9-15(20)11-3-1-10(8-18)2-4-11/h1-7,15,19-20H,9H2. The molecule has 1 atom stereocenters. The van der Waals surface area contributed by atoms with Gasteiger partial charge >= 0.3 is 0 Å². The summed E-state index contributed by atoms with van der Waals surface area (Å²) in [6.07, 6.45) is -0.630. The van der Waals surface area contributed by atoms with Gasteiger partial charge in [0.2, 0.25) is 0 Å². The minimum Gasteiger partial charge on any atom is -0.387 e. The first kappa shape index (κ1) is 15.1. The first-order valence-corrected chi connectivity index (χ1v) is 7.43. The Kier molecular flexibility index (Phi) is 5.24. The molecule has 2 N–H and O–H groups in total. The van der Waals surface area contributed by atoms with Crippen LogP contribution >= 0.6 is 34.2 Å². The summed E-state index contributed by atoms with van der Waals surface area (Å²) >= 11 is 8.09. The van der Waals surface area contributed by atoms with Crippen LogP contribution in [0.15, 0.2) is 42.5 Å². The van der Waals surface area contributed by atoms with Crippen LogP contribution in [0.3, 0.4) is 0 Å². The number of nitriles is 1. The molecule has 2 rings (SSSR count). The number of halogens is 2. The molecule has 0 aliphatic heterocycles. The lowest BCUT2D eigenvalue weighted by Gasteiger charge is -2.14. The van der Waals surface area contributed by atoms with E-state index in [1.165, 1.54) is 0 Å². The summed E-state index contributed by atoms with van der Waals surface area (Å²) in [5.74, 6) is 0. The third-order valence-corrected chi connectivity index (χ3v) is 3.97. The van der Waals surface area contributed by atoms with Crippen molar-refractivity contribution in [2.45, 2.75) is 6.10 Å². The molecule has 1 unspecified atom stereocenters. The van der Waals surface area contributed by atoms with Crippen molar-refractivity contribution >= 4 is 39.9 Å². The fourth-order valence-corrected chi connectivity index (χ4v) is 2.80. The molecule has 5 heteroatoms. The van der Waals surface area contributed by atoms with Gasteiger partial charge in [0.25, 0.3) is 0 Å². The number of hydrogen-bond donors (Lipinski definition) is 2. The molecule has 3 nitrogen and oxygen atoms in total. The van der Waals surface area contributed by atoms with E-state index in [9.17, 15) is 5.11 Å². The zero-order valence-corrected chi connectivity index (χ0v) is 13.4. The number of nitrogens with one attached hydrogen (secondary N) is 1. The first-order chi connectivity index (χ1) is 9.60. The summed E-state index contributed by atoms with van der Waals surface area (Å²) in [4.78, 5) is 0. The molecule has 2 aromatic carbocycles. The summed E-state index contributed by atoms with van der Waals surface area (Å²) in [5, 5.41) is 22.7. The average Bonchev–Trinajstić information content (AvgIpc) is 2.46. The number of anilines is 1. The van der Waals surface area contributed by atoms with Crippen molar-refractivity contribution in [3.8, 4) is 6.07 Å². The van der Waals surface area contributed by atoms with E-state index in [0.717, 1.165) is 14.8 Å². The van der Waals surface area contributed by atoms with E-state index in [1.54, 1.807) is 30.3 Å². The van der Waals surface area contributed by atoms with Gasteiger partial charge in [-0.1, -0.05) is 23.7 Å². The Hall–Kier alpha value is -1.29. The van der Waals surface area contributed by atoms with E-state index in [4.69, 9.17) is 16.9 Å². The second-order valence-corrected chi connectivity index (χ2v) is 5.85. The molecule has 0 heterocycles. The van der Waals surface area contributed by atoms with E-state index in [-0.39, 0.29) is 0 Å². The number of aliphatic hydroxyl groups is 1. The normalized spacial score (nSPS) is 11.7. The van der Waals surface area contributed by atoms with Crippen LogP contribution in [0.1, 0.15) is 17.2 Å². The Morgan fingerprint density at radius 1 is 1.25 bits per heavy atom. The molecule has 2 aromatic rings. The van der Waals surface area contributed by atoms with Gasteiger partial charge in [0.05, 0.1) is 17.7 Å². The lowest BCUT2D eigenvalue weighted by molar-refractivity contribution is 0.191. The third-order valence-electron chi connectivity index (χ3n) is 2.84. The Morgan fingerprint density at radius 2 is 1.95 bits per heavy atom. The van der Waals surface area contributed by atoms with Crippen LogP contribution in [0.25, 0.3) is 0 Å². The van der Waals surface area contributed by atoms with Gasteiger partial charge in [0.15, 0.2) is 0 Å². The highest BCUT2D eigenvalue weighted by molar-refractivity contribution is 14.1. The van der Waals surface area contributed by atoms with Crippen LogP contribution < -0.4 is 5.32 Å². The zero-order valence-electron chi connectivity index (χ0n) is 10.5. The van der Waals surface area contributed by atoms with E-state index in [1.807, 2.05) is 12.1 Å². The quantitative estimate of drug-likeness (QED) is 0.767. The Bertz CT molecular complexity index is 637. The van der Waals surface area contributed by atoms with Crippen LogP contribution in [0, 0.1) is 14.9 Å². The molecule has 0 aromatic heterocycles. The molecular weight excluding hydrogens is 387 g/mol. The fraction of sp³-hybridized carbons (Fsp3) is 0.133. The van der Waals surface area contributed by atoms with Crippen LogP contribution in [0.5, 0.6) is 0 Å². The zero-order chi connectivity index (χ0) is 14.5. The summed E-state index contributed by atoms with van der Waals surface area (Å²) in [5.41, 5.74) is 2.30. The lowest BCUT2D eigenvalue weighted by atomic mass is 10.1. The van der Waals surface area contributed by atoms with Crippen molar-refractivity contribution in [2.24, 2.45) is 0 Å². The predicted octanol–water partition coefficient (Wildman–Crippen LogP) is 3.96. The van der Waals surface area contributed by atoms with Crippen LogP contribution in [-0.2, 0) is 0 Å². The minimum atomic E-state index is -0.630. The number of benzene rings is 2. The van der Waals surface area contributed by atoms with E-state index in [0.29, 0.717) is 17.1 Å². The van der Waals surface area contributed by atoms with Crippen molar-refractivity contribution < 1.29 is 5.11 Å². The maximum absolute atomic E-state index is 10.1. The molecule has 0 saturated carbocycles. The van der Waals surface area contributed by atoms with Crippen molar-refractivity contribution in [3.63, 3.8) is 0 Å². The van der Waals surface area contributed by atoms with Gasteiger partial charge in [-0.3, -0.25) is 0 Å². The van der Waals surface area contributed by atoms with Gasteiger partial charge in [0.1, 0.15) is 0 Å². The average molecular weight is 399 g/mol. The Labute approximate surface area is 136 Å². The summed E-state index contributed by atoms with van der Waals surface area (Å²) in [7, 11) is 0. The third kappa shape index (κ3) is 3.85. The number of nitrogens with zero attached hydrogens (tertiary/aromatic N) is 1. The molecule has 0 saturated heterocycles. The molecule has 0 aliphatic carbocycles. The number of rotatable bonds is 4. The van der Waals surface area contributed by atoms with Gasteiger partial charge in [-0.2, -0.15) is 5.26 Å². The minimum absolute atomic E-state index is 0.392. The van der Waals surface area contributed by atoms with Gasteiger partial charge in [0, 0.05) is 20.8 Å². The Balaban J connectivity index is 2.00. The molecule has 102 valence electrons. The maximum Gasteiger partial charge on any atom is 0.0991 e. The van der Waals surface area contributed by atoms with Crippen molar-refractivity contribution in [1.82, 2.24) is 0 Å². The van der Waals surface area contributed by atoms with Crippen LogP contribution in [0.4, 0.5) is 5.69 Å². The van der Waals surface area contributed by atoms with Crippen molar-refractivity contribution in [3.05, 3.63) is 62.2 Å². The fourth-order valence-electron chi connectivity index (χ4n) is 1.74. The maximum atomic E-state index is 10.1. The largest absolute Gasteiger partial charge is 0.387 e. The summed E-state index contributed by atoms with van der Waals surface area (Å²) in [6.45, 7) is 0.392. The van der Waals surface area contributed by atoms with E-state index >= 15 is 0 Å². The van der Waals surface area contributed by atoms with E-state index in [2.05, 4.69) is 34.0 Å². The molecule has 0 fully saturated rings. The van der Waals surface area contributed by atoms with Crippen molar-refractivity contribution in [1.29, 1.82) is 5.26 Å². The van der Waals surface area contributed by atoms with Gasteiger partial charge in [-0.15, -0.1) is 0 Å². The summed E-state index contributed by atoms with van der Waals surface area (Å²) < 4.78 is 1.00. The van der Waals surface area contributed by atoms with Crippen LogP contribution in [-0.4, -0.2) is 11.7 Å². The molecule has 0 bridgehead atoms. The molecule has 0 spiro atoms. The van der Waals surface area contributed by atoms with Gasteiger partial charge in [-0.05, 0) is 58.5 Å². The first-order valence-electron chi connectivity index (χ1n) is 5.97. The van der Waals surface area contributed by atoms with Gasteiger partial charge in [-0.25, -0.2) is 0 Å². The molecule has 20 heavy (non-hydrogen) atoms. The highest BCUT2D eigenvalue weighted by Gasteiger charge is 2.08. The second-order valence-electron chi connectivity index (χ2n) is 4.25. The van der Waals surface area contributed by atoms with Crippen molar-refractivity contribution in [2.75, 3.05) is 11.9 Å². The molecule has 0 radical (unpaired) electrons. The van der Waals surface area contributed by atoms with Gasteiger partial charge < -0.3 is 10.4 Å². The summed E-state index contributed by atoms with van der Waals surface area (Å²) in [6, 6.07) is 14.5. The smallest absolute Gasteiger partial charge is 0.0991 e. The highest BCUT2D eigenvalue weighted by Crippen LogP contribution is 2.23. The van der Waals surface area contributed by atoms with E-state index < -0.39 is 6.10 Å². The predicted molar refractivity (Wildman–Crippen MR) is 88.8 cm³/mol. The molecule has 0 amide bonds. The number of aliphatic hydroxyl groups excluding tert-OH is 1. The molecule has 0 aliphatic rings. The van der Waals surface area contributed by atoms with Crippen LogP contribution in [0.2, 0.25) is 5.02 Å². The lowest BCUT2D eigenvalue weighted by Crippen LogP contribution is -2.12. The highest BCUT2D eigenvalue weighted by atomic mass is 127. The number of hydrogen-bond acceptors (Lipinski definition) is 3. The monoisotopic (exact) mass is 398 g/mol. The topological polar surface area (TPSA) is 56.0 Å². The molecular formula is C15H12ClIN2O.